The van der Waals surface area contributed by atoms with Crippen molar-refractivity contribution in [1.82, 2.24) is 4.90 Å². The van der Waals surface area contributed by atoms with E-state index in [9.17, 15) is 13.2 Å². The Kier molecular flexibility index (Phi) is 4.82. The molecule has 0 radical (unpaired) electrons. The van der Waals surface area contributed by atoms with E-state index in [0.29, 0.717) is 11.5 Å². The van der Waals surface area contributed by atoms with Crippen LogP contribution in [0, 0.1) is 5.92 Å². The first-order valence-electron chi connectivity index (χ1n) is 6.82. The van der Waals surface area contributed by atoms with Crippen molar-refractivity contribution in [2.75, 3.05) is 13.1 Å². The van der Waals surface area contributed by atoms with Crippen LogP contribution in [0.3, 0.4) is 0 Å². The van der Waals surface area contributed by atoms with E-state index in [0.717, 1.165) is 37.3 Å². The summed E-state index contributed by atoms with van der Waals surface area (Å²) in [7, 11) is -3.71. The molecule has 0 bridgehead atoms. The van der Waals surface area contributed by atoms with Gasteiger partial charge < -0.3 is 4.90 Å². The molecule has 1 aliphatic heterocycles. The first-order chi connectivity index (χ1) is 9.41. The molecule has 20 heavy (non-hydrogen) atoms. The second kappa shape index (κ2) is 6.24. The van der Waals surface area contributed by atoms with Crippen LogP contribution in [0.2, 0.25) is 0 Å². The van der Waals surface area contributed by atoms with Gasteiger partial charge in [0.15, 0.2) is 0 Å². The summed E-state index contributed by atoms with van der Waals surface area (Å²) in [6.45, 7) is 3.69. The quantitative estimate of drug-likeness (QED) is 0.923. The fourth-order valence-corrected chi connectivity index (χ4v) is 4.17. The summed E-state index contributed by atoms with van der Waals surface area (Å²) >= 11 is 0.997. The minimum Gasteiger partial charge on any atom is -0.339 e. The van der Waals surface area contributed by atoms with Crippen LogP contribution in [-0.2, 0) is 10.0 Å². The summed E-state index contributed by atoms with van der Waals surface area (Å²) in [5, 5.41) is 6.63. The Morgan fingerprint density at radius 2 is 2.10 bits per heavy atom. The highest BCUT2D eigenvalue weighted by Crippen LogP contribution is 2.25. The van der Waals surface area contributed by atoms with Gasteiger partial charge >= 0.3 is 0 Å². The van der Waals surface area contributed by atoms with E-state index in [2.05, 4.69) is 6.92 Å². The molecule has 1 aliphatic rings. The van der Waals surface area contributed by atoms with Gasteiger partial charge in [0.05, 0.1) is 5.56 Å². The summed E-state index contributed by atoms with van der Waals surface area (Å²) in [4.78, 5) is 14.1. The zero-order valence-corrected chi connectivity index (χ0v) is 13.2. The molecule has 2 heterocycles. The van der Waals surface area contributed by atoms with Crippen molar-refractivity contribution in [1.29, 1.82) is 0 Å². The number of nitrogens with zero attached hydrogens (tertiary/aromatic N) is 1. The molecule has 0 unspecified atom stereocenters. The summed E-state index contributed by atoms with van der Waals surface area (Å²) in [5.41, 5.74) is 0.424. The summed E-state index contributed by atoms with van der Waals surface area (Å²) in [6, 6.07) is 1.38. The first kappa shape index (κ1) is 15.5. The molecule has 2 N–H and O–H groups in total. The lowest BCUT2D eigenvalue weighted by atomic mass is 9.92. The Bertz CT molecular complexity index is 572. The maximum atomic E-state index is 12.3. The molecule has 0 saturated carbocycles. The number of amides is 1. The van der Waals surface area contributed by atoms with Crippen molar-refractivity contribution in [3.05, 3.63) is 17.0 Å². The molecule has 1 aromatic rings. The molecule has 0 spiro atoms. The smallest absolute Gasteiger partial charge is 0.254 e. The highest BCUT2D eigenvalue weighted by molar-refractivity contribution is 7.91. The second-order valence-electron chi connectivity index (χ2n) is 5.22. The van der Waals surface area contributed by atoms with E-state index in [-0.39, 0.29) is 10.1 Å². The van der Waals surface area contributed by atoms with Crippen molar-refractivity contribution in [2.24, 2.45) is 11.1 Å². The molecule has 7 heteroatoms. The summed E-state index contributed by atoms with van der Waals surface area (Å²) in [5.74, 6) is 0.623. The third kappa shape index (κ3) is 3.59. The molecule has 0 aliphatic carbocycles. The Balaban J connectivity index is 2.00. The van der Waals surface area contributed by atoms with Crippen LogP contribution in [-0.4, -0.2) is 32.3 Å². The van der Waals surface area contributed by atoms with Crippen LogP contribution < -0.4 is 5.14 Å². The van der Waals surface area contributed by atoms with Gasteiger partial charge in [-0.25, -0.2) is 13.6 Å². The zero-order chi connectivity index (χ0) is 14.8. The number of thiophene rings is 1. The van der Waals surface area contributed by atoms with Crippen molar-refractivity contribution < 1.29 is 13.2 Å². The lowest BCUT2D eigenvalue weighted by molar-refractivity contribution is 0.0687. The van der Waals surface area contributed by atoms with Gasteiger partial charge in [-0.15, -0.1) is 11.3 Å². The summed E-state index contributed by atoms with van der Waals surface area (Å²) < 4.78 is 22.5. The van der Waals surface area contributed by atoms with Crippen LogP contribution in [0.4, 0.5) is 0 Å². The van der Waals surface area contributed by atoms with Crippen LogP contribution in [0.5, 0.6) is 0 Å². The average Bonchev–Trinajstić information content (AvgIpc) is 2.89. The average molecular weight is 316 g/mol. The number of sulfonamides is 1. The Labute approximate surface area is 123 Å². The first-order valence-corrected chi connectivity index (χ1v) is 9.25. The van der Waals surface area contributed by atoms with Gasteiger partial charge in [0.2, 0.25) is 10.0 Å². The number of carbonyl (C=O) groups excluding carboxylic acids is 1. The van der Waals surface area contributed by atoms with Crippen LogP contribution in [0.15, 0.2) is 15.7 Å². The number of likely N-dealkylation sites (tertiary alicyclic amines) is 1. The Morgan fingerprint density at radius 1 is 1.45 bits per heavy atom. The molecule has 5 nitrogen and oxygen atoms in total. The lowest BCUT2D eigenvalue weighted by Gasteiger charge is -2.31. The fraction of sp³-hybridized carbons (Fsp3) is 0.615. The molecular formula is C13H20N2O3S2. The third-order valence-corrected chi connectivity index (χ3v) is 6.09. The number of hydrogen-bond donors (Lipinski definition) is 1. The molecule has 0 aromatic carbocycles. The molecule has 2 rings (SSSR count). The monoisotopic (exact) mass is 316 g/mol. The summed E-state index contributed by atoms with van der Waals surface area (Å²) in [6.07, 6.45) is 4.47. The molecular weight excluding hydrogens is 296 g/mol. The van der Waals surface area contributed by atoms with E-state index >= 15 is 0 Å². The molecule has 1 aromatic heterocycles. The maximum absolute atomic E-state index is 12.3. The minimum absolute atomic E-state index is 0.0433. The van der Waals surface area contributed by atoms with E-state index in [1.54, 1.807) is 10.3 Å². The highest BCUT2D eigenvalue weighted by atomic mass is 32.2. The minimum atomic E-state index is -3.71. The van der Waals surface area contributed by atoms with Gasteiger partial charge in [-0.05, 0) is 24.8 Å². The SMILES string of the molecule is CCCC1CCN(C(=O)c2csc(S(N)(=O)=O)c2)CC1. The highest BCUT2D eigenvalue weighted by Gasteiger charge is 2.24. The topological polar surface area (TPSA) is 80.5 Å². The predicted octanol–water partition coefficient (Wildman–Crippen LogP) is 2.05. The fourth-order valence-electron chi connectivity index (χ4n) is 2.59. The molecule has 1 saturated heterocycles. The van der Waals surface area contributed by atoms with Gasteiger partial charge in [-0.1, -0.05) is 19.8 Å². The Hall–Kier alpha value is -0.920. The number of hydrogen-bond acceptors (Lipinski definition) is 4. The van der Waals surface area contributed by atoms with E-state index < -0.39 is 10.0 Å². The van der Waals surface area contributed by atoms with Crippen LogP contribution in [0.1, 0.15) is 43.0 Å². The zero-order valence-electron chi connectivity index (χ0n) is 11.5. The van der Waals surface area contributed by atoms with Crippen LogP contribution in [0.25, 0.3) is 0 Å². The number of rotatable bonds is 4. The van der Waals surface area contributed by atoms with Gasteiger partial charge in [0.25, 0.3) is 5.91 Å². The van der Waals surface area contributed by atoms with Crippen molar-refractivity contribution in [3.63, 3.8) is 0 Å². The van der Waals surface area contributed by atoms with Gasteiger partial charge in [0, 0.05) is 18.5 Å². The maximum Gasteiger partial charge on any atom is 0.254 e. The van der Waals surface area contributed by atoms with Crippen molar-refractivity contribution >= 4 is 27.3 Å². The molecule has 1 fully saturated rings. The molecule has 1 amide bonds. The second-order valence-corrected chi connectivity index (χ2v) is 7.92. The van der Waals surface area contributed by atoms with Gasteiger partial charge in [-0.3, -0.25) is 4.79 Å². The molecule has 0 atom stereocenters. The predicted molar refractivity (Wildman–Crippen MR) is 79.2 cm³/mol. The van der Waals surface area contributed by atoms with Gasteiger partial charge in [0.1, 0.15) is 4.21 Å². The normalized spacial score (nSPS) is 17.4. The molecule has 112 valence electrons. The van der Waals surface area contributed by atoms with E-state index in [4.69, 9.17) is 5.14 Å². The van der Waals surface area contributed by atoms with E-state index in [1.165, 1.54) is 18.9 Å². The number of carbonyl (C=O) groups is 1. The lowest BCUT2D eigenvalue weighted by Crippen LogP contribution is -2.38. The van der Waals surface area contributed by atoms with Crippen molar-refractivity contribution in [2.45, 2.75) is 36.8 Å². The van der Waals surface area contributed by atoms with Crippen LogP contribution >= 0.6 is 11.3 Å². The number of piperidine rings is 1. The third-order valence-electron chi connectivity index (χ3n) is 3.70. The van der Waals surface area contributed by atoms with E-state index in [1.807, 2.05) is 0 Å². The number of nitrogens with two attached hydrogens (primary N) is 1. The number of primary sulfonamides is 1. The largest absolute Gasteiger partial charge is 0.339 e. The van der Waals surface area contributed by atoms with Gasteiger partial charge in [-0.2, -0.15) is 0 Å². The standard InChI is InChI=1S/C13H20N2O3S2/c1-2-3-10-4-6-15(7-5-10)13(16)11-8-12(19-9-11)20(14,17)18/h8-10H,2-7H2,1H3,(H2,14,17,18). The Morgan fingerprint density at radius 3 is 2.60 bits per heavy atom. The van der Waals surface area contributed by atoms with Crippen molar-refractivity contribution in [3.8, 4) is 0 Å².